The van der Waals surface area contributed by atoms with Crippen LogP contribution < -0.4 is 5.32 Å². The molecule has 7 heteroatoms. The van der Waals surface area contributed by atoms with Crippen molar-refractivity contribution in [2.45, 2.75) is 13.0 Å². The molecule has 126 valence electrons. The average Bonchev–Trinajstić information content (AvgIpc) is 3.18. The van der Waals surface area contributed by atoms with Crippen LogP contribution in [0.4, 0.5) is 0 Å². The summed E-state index contributed by atoms with van der Waals surface area (Å²) >= 11 is 0. The van der Waals surface area contributed by atoms with Crippen molar-refractivity contribution in [1.82, 2.24) is 29.4 Å². The van der Waals surface area contributed by atoms with E-state index < -0.39 is 0 Å². The summed E-state index contributed by atoms with van der Waals surface area (Å²) in [5.74, 6) is 1.81. The first-order valence-electron chi connectivity index (χ1n) is 7.99. The molecular formula is C17H23N7. The fourth-order valence-corrected chi connectivity index (χ4v) is 2.71. The summed E-state index contributed by atoms with van der Waals surface area (Å²) in [6, 6.07) is 10.1. The predicted molar refractivity (Wildman–Crippen MR) is 94.9 cm³/mol. The van der Waals surface area contributed by atoms with E-state index in [2.05, 4.69) is 55.4 Å². The van der Waals surface area contributed by atoms with Gasteiger partial charge in [0.1, 0.15) is 5.82 Å². The molecule has 3 aromatic rings. The Labute approximate surface area is 141 Å². The summed E-state index contributed by atoms with van der Waals surface area (Å²) < 4.78 is 4.13. The third kappa shape index (κ3) is 3.40. The summed E-state index contributed by atoms with van der Waals surface area (Å²) in [7, 11) is 5.89. The molecule has 0 saturated heterocycles. The zero-order valence-corrected chi connectivity index (χ0v) is 14.3. The van der Waals surface area contributed by atoms with Gasteiger partial charge in [0, 0.05) is 52.2 Å². The second kappa shape index (κ2) is 7.16. The van der Waals surface area contributed by atoms with E-state index in [0.717, 1.165) is 36.9 Å². The molecule has 0 aliphatic heterocycles. The lowest BCUT2D eigenvalue weighted by Crippen LogP contribution is -2.39. The summed E-state index contributed by atoms with van der Waals surface area (Å²) in [5, 5.41) is 11.8. The van der Waals surface area contributed by atoms with Crippen LogP contribution in [-0.4, -0.2) is 50.7 Å². The molecule has 3 heterocycles. The molecule has 0 amide bonds. The smallest absolute Gasteiger partial charge is 0.193 e. The molecule has 0 atom stereocenters. The number of pyridine rings is 1. The van der Waals surface area contributed by atoms with Crippen LogP contribution in [0.2, 0.25) is 0 Å². The monoisotopic (exact) mass is 325 g/mol. The Morgan fingerprint density at radius 1 is 1.21 bits per heavy atom. The maximum absolute atomic E-state index is 4.36. The molecule has 1 N–H and O–H groups in total. The van der Waals surface area contributed by atoms with Gasteiger partial charge in [-0.2, -0.15) is 0 Å². The zero-order valence-electron chi connectivity index (χ0n) is 14.3. The van der Waals surface area contributed by atoms with Crippen LogP contribution in [0.1, 0.15) is 11.5 Å². The second-order valence-corrected chi connectivity index (χ2v) is 5.74. The van der Waals surface area contributed by atoms with Crippen molar-refractivity contribution in [1.29, 1.82) is 0 Å². The topological polar surface area (TPSA) is 62.8 Å². The first-order chi connectivity index (χ1) is 11.7. The molecule has 0 aliphatic carbocycles. The SMILES string of the molecule is CN=C(NCCc1nnc2ccccn12)N(C)Cc1cccn1C. The van der Waals surface area contributed by atoms with Gasteiger partial charge in [-0.3, -0.25) is 9.39 Å². The minimum Gasteiger partial charge on any atom is -0.356 e. The first-order valence-corrected chi connectivity index (χ1v) is 7.99. The number of fused-ring (bicyclic) bond motifs is 1. The van der Waals surface area contributed by atoms with Gasteiger partial charge in [0.25, 0.3) is 0 Å². The van der Waals surface area contributed by atoms with E-state index in [1.807, 2.05) is 35.8 Å². The largest absolute Gasteiger partial charge is 0.356 e. The molecule has 0 unspecified atom stereocenters. The van der Waals surface area contributed by atoms with Crippen molar-refractivity contribution in [3.63, 3.8) is 0 Å². The van der Waals surface area contributed by atoms with E-state index in [0.29, 0.717) is 0 Å². The van der Waals surface area contributed by atoms with E-state index in [1.165, 1.54) is 5.69 Å². The fraction of sp³-hybridized carbons (Fsp3) is 0.353. The molecule has 0 bridgehead atoms. The van der Waals surface area contributed by atoms with E-state index in [9.17, 15) is 0 Å². The molecule has 3 aromatic heterocycles. The third-order valence-corrected chi connectivity index (χ3v) is 4.04. The molecule has 0 aromatic carbocycles. The van der Waals surface area contributed by atoms with Gasteiger partial charge >= 0.3 is 0 Å². The molecule has 24 heavy (non-hydrogen) atoms. The standard InChI is InChI=1S/C17H23N7/c1-18-17(23(3)13-14-7-6-11-22(14)2)19-10-9-16-21-20-15-8-4-5-12-24(15)16/h4-8,11-12H,9-10,13H2,1-3H3,(H,18,19). The minimum atomic E-state index is 0.750. The molecular weight excluding hydrogens is 302 g/mol. The van der Waals surface area contributed by atoms with Crippen LogP contribution in [0.15, 0.2) is 47.7 Å². The van der Waals surface area contributed by atoms with E-state index in [4.69, 9.17) is 0 Å². The second-order valence-electron chi connectivity index (χ2n) is 5.74. The highest BCUT2D eigenvalue weighted by atomic mass is 15.3. The highest BCUT2D eigenvalue weighted by Crippen LogP contribution is 2.05. The molecule has 0 fully saturated rings. The van der Waals surface area contributed by atoms with Crippen LogP contribution in [0.3, 0.4) is 0 Å². The van der Waals surface area contributed by atoms with Crippen molar-refractivity contribution in [3.05, 3.63) is 54.2 Å². The van der Waals surface area contributed by atoms with Gasteiger partial charge in [-0.05, 0) is 24.3 Å². The number of aliphatic imine (C=N–C) groups is 1. The van der Waals surface area contributed by atoms with Gasteiger partial charge in [-0.25, -0.2) is 0 Å². The number of hydrogen-bond acceptors (Lipinski definition) is 3. The van der Waals surface area contributed by atoms with Gasteiger partial charge in [-0.1, -0.05) is 6.07 Å². The number of rotatable bonds is 5. The van der Waals surface area contributed by atoms with Crippen molar-refractivity contribution < 1.29 is 0 Å². The Morgan fingerprint density at radius 3 is 2.83 bits per heavy atom. The van der Waals surface area contributed by atoms with Crippen LogP contribution in [-0.2, 0) is 20.0 Å². The maximum Gasteiger partial charge on any atom is 0.193 e. The van der Waals surface area contributed by atoms with Gasteiger partial charge in [-0.15, -0.1) is 10.2 Å². The Hall–Kier alpha value is -2.83. The van der Waals surface area contributed by atoms with Gasteiger partial charge < -0.3 is 14.8 Å². The molecule has 0 radical (unpaired) electrons. The number of nitrogens with one attached hydrogen (secondary N) is 1. The Bertz CT molecular complexity index is 830. The fourth-order valence-electron chi connectivity index (χ4n) is 2.71. The zero-order chi connectivity index (χ0) is 16.9. The van der Waals surface area contributed by atoms with Gasteiger partial charge in [0.2, 0.25) is 0 Å². The molecule has 0 aliphatic rings. The van der Waals surface area contributed by atoms with E-state index in [1.54, 1.807) is 7.05 Å². The Balaban J connectivity index is 1.57. The molecule has 7 nitrogen and oxygen atoms in total. The predicted octanol–water partition coefficient (Wildman–Crippen LogP) is 1.32. The van der Waals surface area contributed by atoms with E-state index >= 15 is 0 Å². The van der Waals surface area contributed by atoms with Gasteiger partial charge in [0.15, 0.2) is 11.6 Å². The first kappa shape index (κ1) is 16.0. The summed E-state index contributed by atoms with van der Waals surface area (Å²) in [6.45, 7) is 1.55. The molecule has 0 saturated carbocycles. The highest BCUT2D eigenvalue weighted by molar-refractivity contribution is 5.79. The average molecular weight is 325 g/mol. The summed E-state index contributed by atoms with van der Waals surface area (Å²) in [4.78, 5) is 6.47. The minimum absolute atomic E-state index is 0.750. The molecule has 0 spiro atoms. The van der Waals surface area contributed by atoms with Crippen molar-refractivity contribution in [3.8, 4) is 0 Å². The summed E-state index contributed by atoms with van der Waals surface area (Å²) in [6.07, 6.45) is 4.82. The lowest BCUT2D eigenvalue weighted by molar-refractivity contribution is 0.462. The van der Waals surface area contributed by atoms with Gasteiger partial charge in [0.05, 0.1) is 6.54 Å². The number of aromatic nitrogens is 4. The quantitative estimate of drug-likeness (QED) is 0.568. The lowest BCUT2D eigenvalue weighted by Gasteiger charge is -2.22. The number of nitrogens with zero attached hydrogens (tertiary/aromatic N) is 6. The number of guanidine groups is 1. The van der Waals surface area contributed by atoms with Crippen molar-refractivity contribution in [2.75, 3.05) is 20.6 Å². The maximum atomic E-state index is 4.36. The third-order valence-electron chi connectivity index (χ3n) is 4.04. The van der Waals surface area contributed by atoms with Crippen LogP contribution >= 0.6 is 0 Å². The number of hydrogen-bond donors (Lipinski definition) is 1. The van der Waals surface area contributed by atoms with Crippen LogP contribution in [0.5, 0.6) is 0 Å². The molecule has 3 rings (SSSR count). The van der Waals surface area contributed by atoms with Crippen molar-refractivity contribution in [2.24, 2.45) is 12.0 Å². The van der Waals surface area contributed by atoms with Crippen LogP contribution in [0.25, 0.3) is 5.65 Å². The van der Waals surface area contributed by atoms with Crippen molar-refractivity contribution >= 4 is 11.6 Å². The highest BCUT2D eigenvalue weighted by Gasteiger charge is 2.09. The van der Waals surface area contributed by atoms with Crippen LogP contribution in [0, 0.1) is 0 Å². The normalized spacial score (nSPS) is 11.9. The number of aryl methyl sites for hydroxylation is 1. The Kier molecular flexibility index (Phi) is 4.79. The lowest BCUT2D eigenvalue weighted by atomic mass is 10.3. The Morgan fingerprint density at radius 2 is 2.08 bits per heavy atom. The van der Waals surface area contributed by atoms with E-state index in [-0.39, 0.29) is 0 Å². The summed E-state index contributed by atoms with van der Waals surface area (Å²) in [5.41, 5.74) is 2.11.